The lowest BCUT2D eigenvalue weighted by atomic mass is 9.90. The Morgan fingerprint density at radius 3 is 2.54 bits per heavy atom. The Kier molecular flexibility index (Phi) is 5.88. The molecule has 0 amide bonds. The van der Waals surface area contributed by atoms with Crippen molar-refractivity contribution in [1.82, 2.24) is 24.1 Å². The highest BCUT2D eigenvalue weighted by Gasteiger charge is 2.31. The van der Waals surface area contributed by atoms with Gasteiger partial charge in [0.25, 0.3) is 5.56 Å². The standard InChI is InChI=1S/C24H21ClF3N5O2/c1-13-20(25)23(34)33-12-18(15-7-8-35-19(9-15)16-10-29-32(2)11-16)31-21(22(33)30-13)14-3-5-17(6-4-14)24(26,27)28/h3-6,10-12,15,19H,7-9H2,1-2H3/t15-,19+/m0/s1. The fourth-order valence-electron chi connectivity index (χ4n) is 4.36. The van der Waals surface area contributed by atoms with Gasteiger partial charge in [-0.3, -0.25) is 13.9 Å². The van der Waals surface area contributed by atoms with E-state index in [2.05, 4.69) is 10.1 Å². The second kappa shape index (κ2) is 8.76. The van der Waals surface area contributed by atoms with E-state index < -0.39 is 17.3 Å². The highest BCUT2D eigenvalue weighted by atomic mass is 35.5. The summed E-state index contributed by atoms with van der Waals surface area (Å²) in [4.78, 5) is 22.3. The summed E-state index contributed by atoms with van der Waals surface area (Å²) in [7, 11) is 1.83. The molecule has 0 unspecified atom stereocenters. The SMILES string of the molecule is Cc1nc2c(-c3ccc(C(F)(F)F)cc3)nc([C@H]3CCO[C@@H](c4cnn(C)c4)C3)cn2c(=O)c1Cl. The van der Waals surface area contributed by atoms with Gasteiger partial charge in [-0.2, -0.15) is 18.3 Å². The van der Waals surface area contributed by atoms with Crippen LogP contribution in [0.4, 0.5) is 13.2 Å². The van der Waals surface area contributed by atoms with Crippen molar-refractivity contribution in [2.24, 2.45) is 7.05 Å². The van der Waals surface area contributed by atoms with Crippen LogP contribution in [0.1, 0.15) is 47.4 Å². The summed E-state index contributed by atoms with van der Waals surface area (Å²) >= 11 is 6.20. The number of alkyl halides is 3. The number of aryl methyl sites for hydroxylation is 2. The van der Waals surface area contributed by atoms with Crippen molar-refractivity contribution in [2.45, 2.75) is 38.0 Å². The number of aromatic nitrogens is 5. The van der Waals surface area contributed by atoms with E-state index in [1.807, 2.05) is 13.2 Å². The Morgan fingerprint density at radius 2 is 1.89 bits per heavy atom. The molecule has 4 heterocycles. The number of benzene rings is 1. The van der Waals surface area contributed by atoms with Gasteiger partial charge in [0, 0.05) is 43.1 Å². The molecule has 1 fully saturated rings. The topological polar surface area (TPSA) is 74.3 Å². The molecular weight excluding hydrogens is 483 g/mol. The van der Waals surface area contributed by atoms with Gasteiger partial charge >= 0.3 is 6.18 Å². The monoisotopic (exact) mass is 503 g/mol. The fourth-order valence-corrected chi connectivity index (χ4v) is 4.49. The van der Waals surface area contributed by atoms with Gasteiger partial charge in [-0.05, 0) is 31.9 Å². The Balaban J connectivity index is 1.63. The molecule has 182 valence electrons. The number of ether oxygens (including phenoxy) is 1. The molecule has 35 heavy (non-hydrogen) atoms. The first-order chi connectivity index (χ1) is 16.6. The van der Waals surface area contributed by atoms with Crippen LogP contribution in [-0.2, 0) is 18.0 Å². The van der Waals surface area contributed by atoms with Gasteiger partial charge in [0.1, 0.15) is 10.7 Å². The first-order valence-corrected chi connectivity index (χ1v) is 11.4. The minimum atomic E-state index is -4.46. The smallest absolute Gasteiger partial charge is 0.373 e. The first kappa shape index (κ1) is 23.5. The molecule has 0 aliphatic carbocycles. The van der Waals surface area contributed by atoms with Gasteiger partial charge < -0.3 is 4.74 Å². The van der Waals surface area contributed by atoms with E-state index in [0.29, 0.717) is 42.1 Å². The van der Waals surface area contributed by atoms with Crippen molar-refractivity contribution in [3.05, 3.63) is 80.7 Å². The van der Waals surface area contributed by atoms with Crippen molar-refractivity contribution in [2.75, 3.05) is 6.61 Å². The number of hydrogen-bond acceptors (Lipinski definition) is 5. The van der Waals surface area contributed by atoms with Crippen LogP contribution in [0.5, 0.6) is 0 Å². The Hall–Kier alpha value is -3.24. The van der Waals surface area contributed by atoms with Crippen LogP contribution in [-0.4, -0.2) is 30.8 Å². The lowest BCUT2D eigenvalue weighted by Crippen LogP contribution is -2.23. The Morgan fingerprint density at radius 1 is 1.14 bits per heavy atom. The molecule has 1 aliphatic heterocycles. The van der Waals surface area contributed by atoms with Gasteiger partial charge in [-0.1, -0.05) is 23.7 Å². The summed E-state index contributed by atoms with van der Waals surface area (Å²) in [5.41, 5.74) is 1.63. The van der Waals surface area contributed by atoms with Gasteiger partial charge in [0.2, 0.25) is 0 Å². The molecule has 0 spiro atoms. The predicted molar refractivity (Wildman–Crippen MR) is 123 cm³/mol. The van der Waals surface area contributed by atoms with Crippen LogP contribution in [0.2, 0.25) is 5.02 Å². The van der Waals surface area contributed by atoms with Crippen LogP contribution in [0.3, 0.4) is 0 Å². The molecule has 1 aromatic carbocycles. The quantitative estimate of drug-likeness (QED) is 0.388. The Bertz CT molecular complexity index is 1460. The maximum absolute atomic E-state index is 13.1. The molecule has 1 aliphatic rings. The van der Waals surface area contributed by atoms with Gasteiger partial charge in [-0.15, -0.1) is 0 Å². The minimum absolute atomic E-state index is 0.0155. The maximum atomic E-state index is 13.1. The third-order valence-electron chi connectivity index (χ3n) is 6.22. The first-order valence-electron chi connectivity index (χ1n) is 11.0. The number of hydrogen-bond donors (Lipinski definition) is 0. The summed E-state index contributed by atoms with van der Waals surface area (Å²) in [6, 6.07) is 4.67. The molecule has 0 radical (unpaired) electrons. The predicted octanol–water partition coefficient (Wildman–Crippen LogP) is 5.11. The molecular formula is C24H21ClF3N5O2. The molecule has 4 aromatic rings. The molecule has 7 nitrogen and oxygen atoms in total. The van der Waals surface area contributed by atoms with E-state index >= 15 is 0 Å². The summed E-state index contributed by atoms with van der Waals surface area (Å²) in [6.07, 6.45) is 1.91. The van der Waals surface area contributed by atoms with Gasteiger partial charge in [0.05, 0.1) is 29.3 Å². The van der Waals surface area contributed by atoms with E-state index in [-0.39, 0.29) is 22.7 Å². The van der Waals surface area contributed by atoms with Gasteiger partial charge in [-0.25, -0.2) is 9.97 Å². The van der Waals surface area contributed by atoms with Gasteiger partial charge in [0.15, 0.2) is 5.65 Å². The highest BCUT2D eigenvalue weighted by molar-refractivity contribution is 6.31. The molecule has 0 saturated carbocycles. The van der Waals surface area contributed by atoms with E-state index in [0.717, 1.165) is 17.7 Å². The van der Waals surface area contributed by atoms with E-state index in [9.17, 15) is 18.0 Å². The molecule has 0 N–H and O–H groups in total. The Labute approximate surface area is 203 Å². The molecule has 11 heteroatoms. The second-order valence-corrected chi connectivity index (χ2v) is 9.01. The zero-order valence-corrected chi connectivity index (χ0v) is 19.6. The molecule has 1 saturated heterocycles. The number of nitrogens with zero attached hydrogens (tertiary/aromatic N) is 5. The van der Waals surface area contributed by atoms with Crippen LogP contribution < -0.4 is 5.56 Å². The van der Waals surface area contributed by atoms with Crippen LogP contribution >= 0.6 is 11.6 Å². The highest BCUT2D eigenvalue weighted by Crippen LogP contribution is 2.38. The molecule has 2 atom stereocenters. The third-order valence-corrected chi connectivity index (χ3v) is 6.66. The number of halogens is 4. The second-order valence-electron chi connectivity index (χ2n) is 8.63. The lowest BCUT2D eigenvalue weighted by molar-refractivity contribution is -0.137. The fraction of sp³-hybridized carbons (Fsp3) is 0.333. The van der Waals surface area contributed by atoms with Crippen molar-refractivity contribution >= 4 is 17.2 Å². The number of fused-ring (bicyclic) bond motifs is 1. The zero-order chi connectivity index (χ0) is 24.9. The maximum Gasteiger partial charge on any atom is 0.416 e. The summed E-state index contributed by atoms with van der Waals surface area (Å²) in [5.74, 6) is -0.0569. The molecule has 5 rings (SSSR count). The molecule has 3 aromatic heterocycles. The molecule has 0 bridgehead atoms. The summed E-state index contributed by atoms with van der Waals surface area (Å²) in [6.45, 7) is 2.09. The average Bonchev–Trinajstić information content (AvgIpc) is 3.28. The van der Waals surface area contributed by atoms with E-state index in [1.165, 1.54) is 16.5 Å². The summed E-state index contributed by atoms with van der Waals surface area (Å²) < 4.78 is 48.3. The summed E-state index contributed by atoms with van der Waals surface area (Å²) in [5, 5.41) is 4.20. The lowest BCUT2D eigenvalue weighted by Gasteiger charge is -2.29. The van der Waals surface area contributed by atoms with Crippen molar-refractivity contribution in [3.63, 3.8) is 0 Å². The zero-order valence-electron chi connectivity index (χ0n) is 18.9. The van der Waals surface area contributed by atoms with Crippen LogP contribution in [0, 0.1) is 6.92 Å². The minimum Gasteiger partial charge on any atom is -0.373 e. The number of rotatable bonds is 3. The van der Waals surface area contributed by atoms with E-state index in [1.54, 1.807) is 24.0 Å². The largest absolute Gasteiger partial charge is 0.416 e. The third kappa shape index (κ3) is 4.43. The van der Waals surface area contributed by atoms with E-state index in [4.69, 9.17) is 21.3 Å². The van der Waals surface area contributed by atoms with Crippen LogP contribution in [0.15, 0.2) is 47.7 Å². The van der Waals surface area contributed by atoms with Crippen molar-refractivity contribution in [3.8, 4) is 11.3 Å². The normalized spacial score (nSPS) is 18.8. The average molecular weight is 504 g/mol. The van der Waals surface area contributed by atoms with Crippen molar-refractivity contribution in [1.29, 1.82) is 0 Å². The van der Waals surface area contributed by atoms with Crippen molar-refractivity contribution < 1.29 is 17.9 Å². The van der Waals surface area contributed by atoms with Crippen LogP contribution in [0.25, 0.3) is 16.9 Å².